The molecule has 3 rings (SSSR count). The standard InChI is InChI=1S/C22H34BrNO3Si/c1-21(2,3)28(4,5)27-12-11-24-18-13-19(25)15-22(24,23)20(14-18)26-16-17-9-7-6-8-10-17/h6-10,18,20H,11-16H2,1-5H3. The van der Waals surface area contributed by atoms with Crippen molar-refractivity contribution in [2.75, 3.05) is 13.2 Å². The van der Waals surface area contributed by atoms with Crippen LogP contribution in [-0.2, 0) is 20.6 Å². The zero-order valence-electron chi connectivity index (χ0n) is 17.8. The molecule has 2 bridgehead atoms. The minimum atomic E-state index is -1.77. The number of carbonyl (C=O) groups is 1. The summed E-state index contributed by atoms with van der Waals surface area (Å²) in [6, 6.07) is 10.5. The van der Waals surface area contributed by atoms with Crippen LogP contribution in [0.1, 0.15) is 45.6 Å². The molecular weight excluding hydrogens is 434 g/mol. The van der Waals surface area contributed by atoms with Crippen LogP contribution in [0.2, 0.25) is 18.1 Å². The average molecular weight is 469 g/mol. The van der Waals surface area contributed by atoms with Gasteiger partial charge in [0.25, 0.3) is 0 Å². The van der Waals surface area contributed by atoms with E-state index in [-0.39, 0.29) is 17.2 Å². The molecule has 28 heavy (non-hydrogen) atoms. The summed E-state index contributed by atoms with van der Waals surface area (Å²) in [6.45, 7) is 13.5. The van der Waals surface area contributed by atoms with Gasteiger partial charge >= 0.3 is 0 Å². The molecule has 0 spiro atoms. The van der Waals surface area contributed by atoms with Crippen molar-refractivity contribution in [1.29, 1.82) is 0 Å². The van der Waals surface area contributed by atoms with Gasteiger partial charge in [0.15, 0.2) is 8.32 Å². The number of benzene rings is 1. The summed E-state index contributed by atoms with van der Waals surface area (Å²) < 4.78 is 12.3. The third-order valence-corrected chi connectivity index (χ3v) is 12.5. The van der Waals surface area contributed by atoms with Crippen molar-refractivity contribution >= 4 is 30.0 Å². The highest BCUT2D eigenvalue weighted by molar-refractivity contribution is 9.10. The number of hydrogen-bond donors (Lipinski definition) is 0. The van der Waals surface area contributed by atoms with Crippen LogP contribution in [0.3, 0.4) is 0 Å². The minimum absolute atomic E-state index is 0.0111. The zero-order chi connectivity index (χ0) is 20.6. The van der Waals surface area contributed by atoms with Gasteiger partial charge in [-0.15, -0.1) is 0 Å². The van der Waals surface area contributed by atoms with Crippen LogP contribution >= 0.6 is 15.9 Å². The highest BCUT2D eigenvalue weighted by Gasteiger charge is 2.56. The Morgan fingerprint density at radius 1 is 1.25 bits per heavy atom. The Labute approximate surface area is 179 Å². The smallest absolute Gasteiger partial charge is 0.192 e. The zero-order valence-corrected chi connectivity index (χ0v) is 20.4. The van der Waals surface area contributed by atoms with Gasteiger partial charge in [0, 0.05) is 32.0 Å². The SMILES string of the molecule is CC(C)(C)[Si](C)(C)OCCN1C2CC(=O)CC1(Br)C(OCc1ccccc1)C2. The van der Waals surface area contributed by atoms with Crippen LogP contribution in [0.25, 0.3) is 0 Å². The number of Topliss-reactive ketones (excluding diaryl/α,β-unsaturated/α-hetero) is 1. The van der Waals surface area contributed by atoms with E-state index in [1.54, 1.807) is 0 Å². The Morgan fingerprint density at radius 2 is 1.93 bits per heavy atom. The molecule has 2 aliphatic heterocycles. The molecule has 2 fully saturated rings. The summed E-state index contributed by atoms with van der Waals surface area (Å²) in [5, 5.41) is 0.206. The van der Waals surface area contributed by atoms with E-state index in [0.29, 0.717) is 31.8 Å². The van der Waals surface area contributed by atoms with Crippen LogP contribution in [-0.4, -0.2) is 48.7 Å². The summed E-state index contributed by atoms with van der Waals surface area (Å²) in [4.78, 5) is 14.8. The van der Waals surface area contributed by atoms with E-state index in [4.69, 9.17) is 9.16 Å². The molecule has 0 aliphatic carbocycles. The predicted octanol–water partition coefficient (Wildman–Crippen LogP) is 5.12. The first kappa shape index (κ1) is 22.2. The first-order valence-electron chi connectivity index (χ1n) is 10.3. The lowest BCUT2D eigenvalue weighted by atomic mass is 10.0. The van der Waals surface area contributed by atoms with Gasteiger partial charge in [0.05, 0.1) is 12.7 Å². The van der Waals surface area contributed by atoms with Crippen molar-refractivity contribution in [2.45, 2.75) is 81.4 Å². The number of fused-ring (bicyclic) bond motifs is 2. The minimum Gasteiger partial charge on any atom is -0.416 e. The van der Waals surface area contributed by atoms with Crippen molar-refractivity contribution in [3.63, 3.8) is 0 Å². The van der Waals surface area contributed by atoms with Crippen molar-refractivity contribution in [1.82, 2.24) is 4.90 Å². The van der Waals surface area contributed by atoms with Crippen molar-refractivity contribution in [3.05, 3.63) is 35.9 Å². The van der Waals surface area contributed by atoms with Crippen LogP contribution in [0.4, 0.5) is 0 Å². The van der Waals surface area contributed by atoms with Crippen LogP contribution in [0.15, 0.2) is 30.3 Å². The molecule has 3 unspecified atom stereocenters. The fourth-order valence-corrected chi connectivity index (χ4v) is 6.15. The molecule has 4 nitrogen and oxygen atoms in total. The summed E-state index contributed by atoms with van der Waals surface area (Å²) in [7, 11) is -1.77. The summed E-state index contributed by atoms with van der Waals surface area (Å²) >= 11 is 3.94. The molecule has 3 atom stereocenters. The number of hydrogen-bond acceptors (Lipinski definition) is 4. The lowest BCUT2D eigenvalue weighted by molar-refractivity contribution is -0.125. The van der Waals surface area contributed by atoms with Crippen LogP contribution < -0.4 is 0 Å². The van der Waals surface area contributed by atoms with Crippen molar-refractivity contribution in [2.24, 2.45) is 0 Å². The summed E-state index contributed by atoms with van der Waals surface area (Å²) in [5.41, 5.74) is 1.17. The Balaban J connectivity index is 1.64. The number of ether oxygens (including phenoxy) is 1. The molecule has 0 saturated carbocycles. The van der Waals surface area contributed by atoms with E-state index in [0.717, 1.165) is 13.0 Å². The Hall–Kier alpha value is -0.533. The van der Waals surface area contributed by atoms with E-state index in [9.17, 15) is 4.79 Å². The molecule has 156 valence electrons. The highest BCUT2D eigenvalue weighted by Crippen LogP contribution is 2.48. The second-order valence-electron chi connectivity index (χ2n) is 9.72. The van der Waals surface area contributed by atoms with Gasteiger partial charge in [-0.25, -0.2) is 0 Å². The Morgan fingerprint density at radius 3 is 2.57 bits per heavy atom. The van der Waals surface area contributed by atoms with E-state index in [1.165, 1.54) is 5.56 Å². The molecule has 1 aromatic rings. The number of nitrogens with zero attached hydrogens (tertiary/aromatic N) is 1. The van der Waals surface area contributed by atoms with Crippen LogP contribution in [0.5, 0.6) is 0 Å². The second-order valence-corrected chi connectivity index (χ2v) is 15.9. The molecular formula is C22H34BrNO3Si. The maximum Gasteiger partial charge on any atom is 0.192 e. The van der Waals surface area contributed by atoms with Gasteiger partial charge in [-0.2, -0.15) is 0 Å². The number of rotatable bonds is 7. The van der Waals surface area contributed by atoms with E-state index >= 15 is 0 Å². The first-order chi connectivity index (χ1) is 13.0. The van der Waals surface area contributed by atoms with Gasteiger partial charge in [-0.3, -0.25) is 9.69 Å². The number of piperidine rings is 1. The maximum atomic E-state index is 12.3. The molecule has 6 heteroatoms. The number of carbonyl (C=O) groups excluding carboxylic acids is 1. The van der Waals surface area contributed by atoms with Gasteiger partial charge < -0.3 is 9.16 Å². The topological polar surface area (TPSA) is 38.8 Å². The molecule has 0 aromatic heterocycles. The molecule has 2 aliphatic rings. The van der Waals surface area contributed by atoms with Gasteiger partial charge in [0.1, 0.15) is 10.2 Å². The summed E-state index contributed by atoms with van der Waals surface area (Å²) in [5.74, 6) is 0.328. The predicted molar refractivity (Wildman–Crippen MR) is 119 cm³/mol. The quantitative estimate of drug-likeness (QED) is 0.316. The normalized spacial score (nSPS) is 28.7. The van der Waals surface area contributed by atoms with Gasteiger partial charge in [-0.05, 0) is 30.1 Å². The van der Waals surface area contributed by atoms with Gasteiger partial charge in [-0.1, -0.05) is 67.0 Å². The Bertz CT molecular complexity index is 691. The first-order valence-corrected chi connectivity index (χ1v) is 14.0. The number of halogens is 1. The largest absolute Gasteiger partial charge is 0.416 e. The molecule has 0 N–H and O–H groups in total. The van der Waals surface area contributed by atoms with E-state index in [2.05, 4.69) is 66.8 Å². The fraction of sp³-hybridized carbons (Fsp3) is 0.682. The van der Waals surface area contributed by atoms with Crippen molar-refractivity contribution < 1.29 is 14.0 Å². The molecule has 2 heterocycles. The fourth-order valence-electron chi connectivity index (χ4n) is 4.01. The van der Waals surface area contributed by atoms with Gasteiger partial charge in [0.2, 0.25) is 0 Å². The third-order valence-electron chi connectivity index (χ3n) is 6.70. The average Bonchev–Trinajstić information content (AvgIpc) is 2.76. The van der Waals surface area contributed by atoms with Crippen LogP contribution in [0, 0.1) is 0 Å². The van der Waals surface area contributed by atoms with E-state index < -0.39 is 12.8 Å². The third kappa shape index (κ3) is 4.62. The van der Waals surface area contributed by atoms with E-state index in [1.807, 2.05) is 18.2 Å². The number of alkyl halides is 1. The molecule has 1 aromatic carbocycles. The lowest BCUT2D eigenvalue weighted by Gasteiger charge is -2.43. The highest BCUT2D eigenvalue weighted by atomic mass is 79.9. The number of ketones is 1. The monoisotopic (exact) mass is 467 g/mol. The Kier molecular flexibility index (Phi) is 6.57. The molecule has 0 amide bonds. The van der Waals surface area contributed by atoms with Crippen molar-refractivity contribution in [3.8, 4) is 0 Å². The molecule has 2 saturated heterocycles. The lowest BCUT2D eigenvalue weighted by Crippen LogP contribution is -2.54. The molecule has 0 radical (unpaired) electrons. The maximum absolute atomic E-state index is 12.3. The summed E-state index contributed by atoms with van der Waals surface area (Å²) in [6.07, 6.45) is 2.03. The second kappa shape index (κ2) is 8.30.